The molecule has 17 heavy (non-hydrogen) atoms. The van der Waals surface area contributed by atoms with E-state index in [1.165, 1.54) is 10.8 Å². The Bertz CT molecular complexity index is 530. The second-order valence-electron chi connectivity index (χ2n) is 3.60. The number of halogens is 3. The molecule has 0 amide bonds. The summed E-state index contributed by atoms with van der Waals surface area (Å²) in [6.07, 6.45) is 1.71. The molecule has 3 nitrogen and oxygen atoms in total. The summed E-state index contributed by atoms with van der Waals surface area (Å²) in [7, 11) is 1.63. The Morgan fingerprint density at radius 1 is 1.24 bits per heavy atom. The molecule has 0 aliphatic rings. The van der Waals surface area contributed by atoms with Crippen molar-refractivity contribution in [1.82, 2.24) is 9.55 Å². The van der Waals surface area contributed by atoms with Crippen molar-refractivity contribution in [3.8, 4) is 0 Å². The topological polar surface area (TPSA) is 38.0 Å². The van der Waals surface area contributed by atoms with Crippen LogP contribution in [0.15, 0.2) is 24.5 Å². The van der Waals surface area contributed by atoms with Gasteiger partial charge in [0.2, 0.25) is 0 Å². The van der Waals surface area contributed by atoms with Gasteiger partial charge in [0.1, 0.15) is 11.9 Å². The first-order chi connectivity index (χ1) is 8.00. The Labute approximate surface area is 95.1 Å². The van der Waals surface area contributed by atoms with Crippen LogP contribution in [-0.2, 0) is 7.05 Å². The maximum Gasteiger partial charge on any atom is 0.194 e. The third-order valence-corrected chi connectivity index (χ3v) is 2.42. The third kappa shape index (κ3) is 2.03. The van der Waals surface area contributed by atoms with Crippen LogP contribution in [-0.4, -0.2) is 14.7 Å². The summed E-state index contributed by atoms with van der Waals surface area (Å²) in [5.74, 6) is -4.02. The molecule has 0 radical (unpaired) electrons. The molecule has 0 saturated carbocycles. The lowest BCUT2D eigenvalue weighted by atomic mass is 10.1. The molecule has 0 saturated heterocycles. The Balaban J connectivity index is 2.45. The van der Waals surface area contributed by atoms with E-state index >= 15 is 0 Å². The predicted octanol–water partition coefficient (Wildman–Crippen LogP) is 1.92. The van der Waals surface area contributed by atoms with E-state index in [2.05, 4.69) is 4.98 Å². The van der Waals surface area contributed by atoms with Crippen LogP contribution in [0.4, 0.5) is 13.2 Å². The van der Waals surface area contributed by atoms with Crippen molar-refractivity contribution in [2.24, 2.45) is 7.05 Å². The highest BCUT2D eigenvalue weighted by molar-refractivity contribution is 5.25. The number of aryl methyl sites for hydroxylation is 1. The largest absolute Gasteiger partial charge is 0.380 e. The summed E-state index contributed by atoms with van der Waals surface area (Å²) in [6.45, 7) is 0. The van der Waals surface area contributed by atoms with Gasteiger partial charge in [-0.25, -0.2) is 18.2 Å². The molecule has 0 spiro atoms. The molecule has 1 heterocycles. The van der Waals surface area contributed by atoms with Gasteiger partial charge in [0, 0.05) is 19.4 Å². The van der Waals surface area contributed by atoms with Gasteiger partial charge in [0.05, 0.1) is 0 Å². The Morgan fingerprint density at radius 3 is 2.29 bits per heavy atom. The first kappa shape index (κ1) is 11.7. The molecule has 1 atom stereocenters. The van der Waals surface area contributed by atoms with E-state index in [1.807, 2.05) is 0 Å². The number of rotatable bonds is 2. The smallest absolute Gasteiger partial charge is 0.194 e. The van der Waals surface area contributed by atoms with Gasteiger partial charge >= 0.3 is 0 Å². The lowest BCUT2D eigenvalue weighted by Crippen LogP contribution is -2.08. The van der Waals surface area contributed by atoms with Crippen LogP contribution in [0.5, 0.6) is 0 Å². The van der Waals surface area contributed by atoms with Gasteiger partial charge in [-0.2, -0.15) is 0 Å². The highest BCUT2D eigenvalue weighted by atomic mass is 19.2. The molecule has 90 valence electrons. The number of aliphatic hydroxyl groups is 1. The Morgan fingerprint density at radius 2 is 1.82 bits per heavy atom. The van der Waals surface area contributed by atoms with E-state index in [0.29, 0.717) is 0 Å². The monoisotopic (exact) mass is 242 g/mol. The number of hydrogen-bond acceptors (Lipinski definition) is 2. The minimum Gasteiger partial charge on any atom is -0.380 e. The average molecular weight is 242 g/mol. The van der Waals surface area contributed by atoms with Crippen molar-refractivity contribution < 1.29 is 18.3 Å². The first-order valence-corrected chi connectivity index (χ1v) is 4.80. The number of aliphatic hydroxyl groups excluding tert-OH is 1. The fourth-order valence-electron chi connectivity index (χ4n) is 1.52. The van der Waals surface area contributed by atoms with Crippen molar-refractivity contribution in [3.05, 3.63) is 53.4 Å². The zero-order chi connectivity index (χ0) is 12.6. The second-order valence-corrected chi connectivity index (χ2v) is 3.60. The Kier molecular flexibility index (Phi) is 2.89. The van der Waals surface area contributed by atoms with Crippen molar-refractivity contribution in [3.63, 3.8) is 0 Å². The van der Waals surface area contributed by atoms with E-state index in [9.17, 15) is 18.3 Å². The van der Waals surface area contributed by atoms with E-state index in [0.717, 1.165) is 12.1 Å². The molecular formula is C11H9F3N2O. The molecule has 6 heteroatoms. The molecule has 0 aliphatic heterocycles. The summed E-state index contributed by atoms with van der Waals surface area (Å²) < 4.78 is 40.2. The van der Waals surface area contributed by atoms with Crippen LogP contribution in [0.3, 0.4) is 0 Å². The van der Waals surface area contributed by atoms with Gasteiger partial charge in [-0.1, -0.05) is 0 Å². The van der Waals surface area contributed by atoms with Crippen LogP contribution >= 0.6 is 0 Å². The fraction of sp³-hybridized carbons (Fsp3) is 0.182. The van der Waals surface area contributed by atoms with Gasteiger partial charge in [0.15, 0.2) is 17.5 Å². The van der Waals surface area contributed by atoms with Crippen LogP contribution in [0, 0.1) is 17.5 Å². The highest BCUT2D eigenvalue weighted by Crippen LogP contribution is 2.23. The van der Waals surface area contributed by atoms with Gasteiger partial charge in [0.25, 0.3) is 0 Å². The SMILES string of the molecule is Cn1ccnc1C(O)c1cc(F)c(F)c(F)c1. The summed E-state index contributed by atoms with van der Waals surface area (Å²) in [5.41, 5.74) is -0.0873. The van der Waals surface area contributed by atoms with E-state index in [4.69, 9.17) is 0 Å². The zero-order valence-corrected chi connectivity index (χ0v) is 8.86. The highest BCUT2D eigenvalue weighted by Gasteiger charge is 2.19. The number of aromatic nitrogens is 2. The zero-order valence-electron chi connectivity index (χ0n) is 8.86. The standard InChI is InChI=1S/C11H9F3N2O/c1-16-3-2-15-11(16)10(17)6-4-7(12)9(14)8(13)5-6/h2-5,10,17H,1H3. The number of benzene rings is 1. The molecule has 0 aliphatic carbocycles. The lowest BCUT2D eigenvalue weighted by molar-refractivity contribution is 0.204. The van der Waals surface area contributed by atoms with E-state index in [-0.39, 0.29) is 11.4 Å². The first-order valence-electron chi connectivity index (χ1n) is 4.80. The maximum absolute atomic E-state index is 13.0. The Hall–Kier alpha value is -1.82. The summed E-state index contributed by atoms with van der Waals surface area (Å²) in [6, 6.07) is 1.50. The number of imidazole rings is 1. The van der Waals surface area contributed by atoms with Crippen molar-refractivity contribution in [2.45, 2.75) is 6.10 Å². The third-order valence-electron chi connectivity index (χ3n) is 2.42. The van der Waals surface area contributed by atoms with Crippen molar-refractivity contribution in [2.75, 3.05) is 0 Å². The normalized spacial score (nSPS) is 12.8. The molecule has 1 unspecified atom stereocenters. The number of nitrogens with zero attached hydrogens (tertiary/aromatic N) is 2. The van der Waals surface area contributed by atoms with Gasteiger partial charge in [-0.3, -0.25) is 0 Å². The molecule has 1 aromatic carbocycles. The van der Waals surface area contributed by atoms with Gasteiger partial charge < -0.3 is 9.67 Å². The maximum atomic E-state index is 13.0. The van der Waals surface area contributed by atoms with Crippen LogP contribution < -0.4 is 0 Å². The molecule has 2 rings (SSSR count). The average Bonchev–Trinajstić information content (AvgIpc) is 2.70. The number of hydrogen-bond donors (Lipinski definition) is 1. The fourth-order valence-corrected chi connectivity index (χ4v) is 1.52. The molecule has 1 aromatic heterocycles. The van der Waals surface area contributed by atoms with E-state index in [1.54, 1.807) is 13.2 Å². The summed E-state index contributed by atoms with van der Waals surface area (Å²) in [4.78, 5) is 3.85. The molecule has 0 fully saturated rings. The lowest BCUT2D eigenvalue weighted by Gasteiger charge is -2.11. The van der Waals surface area contributed by atoms with E-state index < -0.39 is 23.6 Å². The summed E-state index contributed by atoms with van der Waals surface area (Å²) >= 11 is 0. The van der Waals surface area contributed by atoms with Gasteiger partial charge in [-0.05, 0) is 17.7 Å². The quantitative estimate of drug-likeness (QED) is 0.817. The van der Waals surface area contributed by atoms with Crippen LogP contribution in [0.25, 0.3) is 0 Å². The van der Waals surface area contributed by atoms with Crippen molar-refractivity contribution in [1.29, 1.82) is 0 Å². The van der Waals surface area contributed by atoms with Crippen molar-refractivity contribution >= 4 is 0 Å². The molecule has 0 bridgehead atoms. The molecule has 2 aromatic rings. The van der Waals surface area contributed by atoms with Gasteiger partial charge in [-0.15, -0.1) is 0 Å². The van der Waals surface area contributed by atoms with Crippen LogP contribution in [0.1, 0.15) is 17.5 Å². The minimum absolute atomic E-state index is 0.0873. The summed E-state index contributed by atoms with van der Waals surface area (Å²) in [5, 5.41) is 9.86. The molecular weight excluding hydrogens is 233 g/mol. The second kappa shape index (κ2) is 4.21. The van der Waals surface area contributed by atoms with Crippen LogP contribution in [0.2, 0.25) is 0 Å². The predicted molar refractivity (Wildman–Crippen MR) is 53.6 cm³/mol. The minimum atomic E-state index is -1.55. The molecule has 1 N–H and O–H groups in total.